The van der Waals surface area contributed by atoms with Gasteiger partial charge < -0.3 is 0 Å². The Labute approximate surface area is 82.7 Å². The molecule has 1 rings (SSSR count). The first-order chi connectivity index (χ1) is 6.57. The predicted molar refractivity (Wildman–Crippen MR) is 50.7 cm³/mol. The van der Waals surface area contributed by atoms with Crippen LogP contribution in [0.5, 0.6) is 0 Å². The third-order valence-corrected chi connectivity index (χ3v) is 3.05. The summed E-state index contributed by atoms with van der Waals surface area (Å²) >= 11 is 0. The van der Waals surface area contributed by atoms with E-state index in [0.29, 0.717) is 0 Å². The fourth-order valence-corrected chi connectivity index (χ4v) is 2.29. The molecule has 0 aliphatic heterocycles. The van der Waals surface area contributed by atoms with Gasteiger partial charge in [0.05, 0.1) is 5.57 Å². The number of hydrogen-bond acceptors (Lipinski definition) is 5. The van der Waals surface area contributed by atoms with Gasteiger partial charge in [-0.1, -0.05) is 6.08 Å². The van der Waals surface area contributed by atoms with E-state index in [4.69, 9.17) is 5.26 Å². The second-order valence-electron chi connectivity index (χ2n) is 2.21. The molecule has 0 aromatic carbocycles. The second-order valence-corrected chi connectivity index (χ2v) is 4.00. The molecule has 1 aliphatic rings. The van der Waals surface area contributed by atoms with Gasteiger partial charge in [-0.3, -0.25) is 0 Å². The summed E-state index contributed by atoms with van der Waals surface area (Å²) in [6.45, 7) is 0. The van der Waals surface area contributed by atoms with E-state index in [2.05, 4.69) is 0 Å². The van der Waals surface area contributed by atoms with Crippen molar-refractivity contribution in [3.63, 3.8) is 0 Å². The van der Waals surface area contributed by atoms with Crippen LogP contribution >= 0.6 is 0 Å². The van der Waals surface area contributed by atoms with Crippen molar-refractivity contribution in [1.29, 1.82) is 5.26 Å². The van der Waals surface area contributed by atoms with Gasteiger partial charge >= 0.3 is 0 Å². The Balaban J connectivity index is 3.75. The Kier molecular flexibility index (Phi) is 3.01. The third kappa shape index (κ3) is 1.81. The van der Waals surface area contributed by atoms with E-state index in [1.807, 2.05) is 0 Å². The Morgan fingerprint density at radius 2 is 1.79 bits per heavy atom. The Bertz CT molecular complexity index is 622. The first-order valence-electron chi connectivity index (χ1n) is 3.29. The van der Waals surface area contributed by atoms with E-state index in [1.165, 1.54) is 12.2 Å². The number of nitriles is 1. The van der Waals surface area contributed by atoms with Gasteiger partial charge in [-0.2, -0.15) is 22.1 Å². The molecule has 0 spiro atoms. The van der Waals surface area contributed by atoms with Gasteiger partial charge in [0.1, 0.15) is 15.8 Å². The zero-order valence-corrected chi connectivity index (χ0v) is 8.26. The molecule has 14 heavy (non-hydrogen) atoms. The fraction of sp³-hybridized carbons (Fsp3) is 0. The summed E-state index contributed by atoms with van der Waals surface area (Å²) in [7, 11) is -5.41. The van der Waals surface area contributed by atoms with Crippen LogP contribution in [0, 0.1) is 11.3 Å². The maximum Gasteiger partial charge on any atom is 0.224 e. The average molecular weight is 229 g/mol. The van der Waals surface area contributed by atoms with Gasteiger partial charge in [-0.15, -0.1) is 0 Å². The maximum atomic E-state index is 10.7. The quantitative estimate of drug-likeness (QED) is 0.502. The highest BCUT2D eigenvalue weighted by Crippen LogP contribution is 2.05. The van der Waals surface area contributed by atoms with Crippen LogP contribution in [-0.2, 0) is 20.6 Å². The van der Waals surface area contributed by atoms with Crippen LogP contribution < -0.4 is 0 Å². The zero-order valence-electron chi connectivity index (χ0n) is 6.63. The molecule has 7 heteroatoms. The topological polar surface area (TPSA) is 92.1 Å². The van der Waals surface area contributed by atoms with Gasteiger partial charge in [0.25, 0.3) is 0 Å². The number of hydrogen-bond donors (Lipinski definition) is 0. The highest BCUT2D eigenvalue weighted by Gasteiger charge is 2.17. The van der Waals surface area contributed by atoms with E-state index in [-0.39, 0.29) is 5.57 Å². The lowest BCUT2D eigenvalue weighted by Gasteiger charge is -2.00. The summed E-state index contributed by atoms with van der Waals surface area (Å²) < 4.78 is 42.6. The zero-order chi connectivity index (χ0) is 10.7. The molecule has 0 atom stereocenters. The van der Waals surface area contributed by atoms with E-state index in [9.17, 15) is 16.8 Å². The van der Waals surface area contributed by atoms with Crippen molar-refractivity contribution in [2.75, 3.05) is 0 Å². The molecule has 0 amide bonds. The van der Waals surface area contributed by atoms with Crippen molar-refractivity contribution < 1.29 is 16.8 Å². The highest BCUT2D eigenvalue weighted by atomic mass is 32.2. The summed E-state index contributed by atoms with van der Waals surface area (Å²) in [6, 6.07) is 1.61. The van der Waals surface area contributed by atoms with E-state index in [0.717, 1.165) is 6.08 Å². The molecular weight excluding hydrogens is 226 g/mol. The molecule has 0 heterocycles. The van der Waals surface area contributed by atoms with Gasteiger partial charge in [-0.05, 0) is 12.2 Å². The minimum atomic E-state index is -2.74. The Morgan fingerprint density at radius 1 is 1.14 bits per heavy atom. The van der Waals surface area contributed by atoms with Crippen LogP contribution in [0.1, 0.15) is 0 Å². The molecule has 1 aliphatic carbocycles. The lowest BCUT2D eigenvalue weighted by molar-refractivity contribution is 0.625. The van der Waals surface area contributed by atoms with Crippen LogP contribution in [0.4, 0.5) is 0 Å². The van der Waals surface area contributed by atoms with Gasteiger partial charge in [-0.25, -0.2) is 0 Å². The molecule has 0 fully saturated rings. The standard InChI is InChI=1S/C7H3NO4S2/c8-4-5-2-1-3-6(13(9)10)7(5)14(11)12/h1-3H. The number of allylic oxidation sites excluding steroid dienone is 4. The molecule has 0 saturated heterocycles. The largest absolute Gasteiger partial charge is 0.224 e. The molecule has 0 unspecified atom stereocenters. The Morgan fingerprint density at radius 3 is 2.21 bits per heavy atom. The van der Waals surface area contributed by atoms with Crippen molar-refractivity contribution >= 4 is 30.3 Å². The van der Waals surface area contributed by atoms with Crippen LogP contribution in [-0.4, -0.2) is 26.6 Å². The van der Waals surface area contributed by atoms with Crippen LogP contribution in [0.2, 0.25) is 0 Å². The molecule has 72 valence electrons. The smallest absolute Gasteiger partial charge is 0.192 e. The monoisotopic (exact) mass is 229 g/mol. The van der Waals surface area contributed by atoms with Crippen LogP contribution in [0.25, 0.3) is 0 Å². The third-order valence-electron chi connectivity index (χ3n) is 1.45. The Hall–Kier alpha value is -1.65. The molecule has 0 radical (unpaired) electrons. The van der Waals surface area contributed by atoms with E-state index >= 15 is 0 Å². The highest BCUT2D eigenvalue weighted by molar-refractivity contribution is 7.83. The SMILES string of the molecule is N#CC1=CC=CC(=S(=O)=O)C1=S(=O)=O. The molecular formula is C7H3NO4S2. The van der Waals surface area contributed by atoms with Crippen LogP contribution in [0.3, 0.4) is 0 Å². The number of nitrogens with zero attached hydrogens (tertiary/aromatic N) is 1. The van der Waals surface area contributed by atoms with Gasteiger partial charge in [0.2, 0.25) is 20.6 Å². The summed E-state index contributed by atoms with van der Waals surface area (Å²) in [5.41, 5.74) is -0.181. The van der Waals surface area contributed by atoms with Gasteiger partial charge in [0, 0.05) is 0 Å². The van der Waals surface area contributed by atoms with Gasteiger partial charge in [0.15, 0.2) is 0 Å². The lowest BCUT2D eigenvalue weighted by Crippen LogP contribution is -2.18. The minimum Gasteiger partial charge on any atom is -0.192 e. The fourth-order valence-electron chi connectivity index (χ4n) is 0.907. The summed E-state index contributed by atoms with van der Waals surface area (Å²) in [5, 5.41) is 8.55. The molecule has 0 saturated carbocycles. The molecule has 0 bridgehead atoms. The van der Waals surface area contributed by atoms with Crippen molar-refractivity contribution in [3.8, 4) is 6.07 Å². The average Bonchev–Trinajstić information content (AvgIpc) is 2.16. The predicted octanol–water partition coefficient (Wildman–Crippen LogP) is -0.891. The minimum absolute atomic E-state index is 0.181. The maximum absolute atomic E-state index is 10.7. The van der Waals surface area contributed by atoms with Crippen molar-refractivity contribution in [2.24, 2.45) is 0 Å². The van der Waals surface area contributed by atoms with Crippen molar-refractivity contribution in [2.45, 2.75) is 0 Å². The molecule has 0 aromatic heterocycles. The van der Waals surface area contributed by atoms with Crippen molar-refractivity contribution in [1.82, 2.24) is 0 Å². The van der Waals surface area contributed by atoms with Crippen LogP contribution in [0.15, 0.2) is 23.8 Å². The first kappa shape index (κ1) is 10.4. The number of rotatable bonds is 0. The normalized spacial score (nSPS) is 14.6. The summed E-state index contributed by atoms with van der Waals surface area (Å²) in [6.07, 6.45) is 3.66. The molecule has 0 N–H and O–H groups in total. The van der Waals surface area contributed by atoms with E-state index < -0.39 is 30.3 Å². The van der Waals surface area contributed by atoms with E-state index in [1.54, 1.807) is 6.07 Å². The van der Waals surface area contributed by atoms with Crippen molar-refractivity contribution in [3.05, 3.63) is 23.8 Å². The molecule has 0 aromatic rings. The summed E-state index contributed by atoms with van der Waals surface area (Å²) in [5.74, 6) is 0. The first-order valence-corrected chi connectivity index (χ1v) is 5.44. The molecule has 5 nitrogen and oxygen atoms in total. The second kappa shape index (κ2) is 4.04. The summed E-state index contributed by atoms with van der Waals surface area (Å²) in [4.78, 5) is -0.874. The lowest BCUT2D eigenvalue weighted by atomic mass is 10.1.